The monoisotopic (exact) mass is 622 g/mol. The summed E-state index contributed by atoms with van der Waals surface area (Å²) in [5.41, 5.74) is 13.1. The van der Waals surface area contributed by atoms with Crippen LogP contribution >= 0.6 is 0 Å². The predicted molar refractivity (Wildman–Crippen MR) is 210 cm³/mol. The molecule has 9 aromatic rings. The minimum absolute atomic E-state index is 0.0553. The summed E-state index contributed by atoms with van der Waals surface area (Å²) in [6, 6.07) is 63.2. The van der Waals surface area contributed by atoms with Gasteiger partial charge in [-0.3, -0.25) is 0 Å². The topological polar surface area (TPSA) is 0 Å². The van der Waals surface area contributed by atoms with Crippen molar-refractivity contribution in [3.8, 4) is 44.5 Å². The first-order chi connectivity index (χ1) is 24.1. The first kappa shape index (κ1) is 28.1. The third kappa shape index (κ3) is 4.17. The molecule has 1 aliphatic carbocycles. The molecule has 0 unspecified atom stereocenters. The van der Waals surface area contributed by atoms with Gasteiger partial charge in [0.1, 0.15) is 0 Å². The highest BCUT2D eigenvalue weighted by molar-refractivity contribution is 6.21. The lowest BCUT2D eigenvalue weighted by Gasteiger charge is -2.22. The third-order valence-electron chi connectivity index (χ3n) is 11.0. The van der Waals surface area contributed by atoms with Crippen LogP contribution in [0.15, 0.2) is 170 Å². The molecule has 0 aliphatic heterocycles. The van der Waals surface area contributed by atoms with Gasteiger partial charge in [-0.25, -0.2) is 0 Å². The molecule has 0 saturated heterocycles. The number of hydrogen-bond donors (Lipinski definition) is 0. The SMILES string of the molecule is CC1(C)c2ccc(-c3c4ccccc4c(-c4ccc(-c5ccc6ccccc6c5)cc4)c4ccccc34)cc2-c2c1ccc1ccccc21. The summed E-state index contributed by atoms with van der Waals surface area (Å²) in [5, 5.41) is 10.3. The first-order valence-electron chi connectivity index (χ1n) is 17.3. The van der Waals surface area contributed by atoms with Crippen LogP contribution in [0.3, 0.4) is 0 Å². The van der Waals surface area contributed by atoms with E-state index in [9.17, 15) is 0 Å². The molecule has 9 aromatic carbocycles. The van der Waals surface area contributed by atoms with E-state index in [2.05, 4.69) is 184 Å². The molecule has 0 radical (unpaired) electrons. The zero-order valence-electron chi connectivity index (χ0n) is 27.7. The Labute approximate surface area is 286 Å². The Morgan fingerprint density at radius 1 is 0.306 bits per heavy atom. The molecule has 0 aromatic heterocycles. The van der Waals surface area contributed by atoms with Crippen molar-refractivity contribution in [1.82, 2.24) is 0 Å². The van der Waals surface area contributed by atoms with Crippen LogP contribution in [-0.4, -0.2) is 0 Å². The molecule has 10 rings (SSSR count). The second-order valence-corrected chi connectivity index (χ2v) is 14.1. The van der Waals surface area contributed by atoms with Crippen LogP contribution in [0.4, 0.5) is 0 Å². The van der Waals surface area contributed by atoms with E-state index in [-0.39, 0.29) is 5.41 Å². The Morgan fingerprint density at radius 3 is 1.45 bits per heavy atom. The highest BCUT2D eigenvalue weighted by atomic mass is 14.4. The lowest BCUT2D eigenvalue weighted by molar-refractivity contribution is 0.661. The molecule has 0 atom stereocenters. The van der Waals surface area contributed by atoms with Crippen molar-refractivity contribution >= 4 is 43.1 Å². The maximum atomic E-state index is 2.47. The van der Waals surface area contributed by atoms with Crippen LogP contribution in [0.2, 0.25) is 0 Å². The summed E-state index contributed by atoms with van der Waals surface area (Å²) >= 11 is 0. The van der Waals surface area contributed by atoms with E-state index in [0.29, 0.717) is 0 Å². The van der Waals surface area contributed by atoms with Gasteiger partial charge < -0.3 is 0 Å². The highest BCUT2D eigenvalue weighted by Crippen LogP contribution is 2.53. The van der Waals surface area contributed by atoms with Crippen molar-refractivity contribution in [1.29, 1.82) is 0 Å². The number of hydrogen-bond acceptors (Lipinski definition) is 0. The normalized spacial score (nSPS) is 13.3. The summed E-state index contributed by atoms with van der Waals surface area (Å²) < 4.78 is 0. The van der Waals surface area contributed by atoms with E-state index in [4.69, 9.17) is 0 Å². The number of fused-ring (bicyclic) bond motifs is 8. The average Bonchev–Trinajstić information content (AvgIpc) is 3.39. The second kappa shape index (κ2) is 10.5. The van der Waals surface area contributed by atoms with Gasteiger partial charge in [0.2, 0.25) is 0 Å². The summed E-state index contributed by atoms with van der Waals surface area (Å²) in [6.07, 6.45) is 0. The van der Waals surface area contributed by atoms with Crippen LogP contribution < -0.4 is 0 Å². The van der Waals surface area contributed by atoms with E-state index < -0.39 is 0 Å². The highest BCUT2D eigenvalue weighted by Gasteiger charge is 2.36. The molecular weight excluding hydrogens is 589 g/mol. The summed E-state index contributed by atoms with van der Waals surface area (Å²) in [5.74, 6) is 0. The molecule has 49 heavy (non-hydrogen) atoms. The standard InChI is InChI=1S/C49H34/c1-49(2)44-27-26-37(30-43(44)48-38-14-6-5-12-33(38)25-28-45(48)49)47-41-17-9-7-15-39(41)46(40-16-8-10-18-42(40)47)34-22-19-32(20-23-34)36-24-21-31-11-3-4-13-35(31)29-36/h3-30H,1-2H3. The smallest absolute Gasteiger partial charge is 0.0159 e. The van der Waals surface area contributed by atoms with E-state index in [0.717, 1.165) is 0 Å². The van der Waals surface area contributed by atoms with Gasteiger partial charge in [-0.1, -0.05) is 172 Å². The summed E-state index contributed by atoms with van der Waals surface area (Å²) in [4.78, 5) is 0. The Bertz CT molecular complexity index is 2720. The van der Waals surface area contributed by atoms with Gasteiger partial charge in [0, 0.05) is 5.41 Å². The van der Waals surface area contributed by atoms with E-state index in [1.54, 1.807) is 0 Å². The Kier molecular flexibility index (Phi) is 6.02. The Morgan fingerprint density at radius 2 is 0.776 bits per heavy atom. The predicted octanol–water partition coefficient (Wildman–Crippen LogP) is 13.6. The fourth-order valence-corrected chi connectivity index (χ4v) is 8.63. The molecule has 230 valence electrons. The van der Waals surface area contributed by atoms with E-state index >= 15 is 0 Å². The second-order valence-electron chi connectivity index (χ2n) is 14.1. The maximum absolute atomic E-state index is 2.47. The lowest BCUT2D eigenvalue weighted by Crippen LogP contribution is -2.14. The van der Waals surface area contributed by atoms with Crippen LogP contribution in [0.25, 0.3) is 87.6 Å². The van der Waals surface area contributed by atoms with Gasteiger partial charge in [-0.05, 0) is 111 Å². The average molecular weight is 623 g/mol. The van der Waals surface area contributed by atoms with E-state index in [1.165, 1.54) is 98.7 Å². The Hall–Kier alpha value is -5.98. The van der Waals surface area contributed by atoms with Crippen molar-refractivity contribution in [3.05, 3.63) is 181 Å². The van der Waals surface area contributed by atoms with E-state index in [1.807, 2.05) is 0 Å². The van der Waals surface area contributed by atoms with Gasteiger partial charge in [0.15, 0.2) is 0 Å². The van der Waals surface area contributed by atoms with Crippen molar-refractivity contribution in [3.63, 3.8) is 0 Å². The maximum Gasteiger partial charge on any atom is 0.0159 e. The van der Waals surface area contributed by atoms with Crippen LogP contribution in [0, 0.1) is 0 Å². The quantitative estimate of drug-likeness (QED) is 0.172. The molecule has 1 aliphatic rings. The molecule has 0 saturated carbocycles. The minimum atomic E-state index is -0.0553. The van der Waals surface area contributed by atoms with Crippen LogP contribution in [0.5, 0.6) is 0 Å². The molecule has 0 N–H and O–H groups in total. The molecule has 0 spiro atoms. The zero-order valence-corrected chi connectivity index (χ0v) is 27.7. The fraction of sp³-hybridized carbons (Fsp3) is 0.0612. The van der Waals surface area contributed by atoms with Crippen LogP contribution in [-0.2, 0) is 5.41 Å². The fourth-order valence-electron chi connectivity index (χ4n) is 8.63. The third-order valence-corrected chi connectivity index (χ3v) is 11.0. The van der Waals surface area contributed by atoms with Crippen molar-refractivity contribution in [2.24, 2.45) is 0 Å². The largest absolute Gasteiger partial charge is 0.0616 e. The number of benzene rings is 9. The number of rotatable bonds is 3. The molecule has 0 fully saturated rings. The van der Waals surface area contributed by atoms with Gasteiger partial charge in [-0.2, -0.15) is 0 Å². The van der Waals surface area contributed by atoms with Crippen molar-refractivity contribution < 1.29 is 0 Å². The van der Waals surface area contributed by atoms with Gasteiger partial charge >= 0.3 is 0 Å². The molecule has 0 heteroatoms. The molecule has 0 nitrogen and oxygen atoms in total. The van der Waals surface area contributed by atoms with Crippen molar-refractivity contribution in [2.45, 2.75) is 19.3 Å². The minimum Gasteiger partial charge on any atom is -0.0616 e. The Balaban J connectivity index is 1.17. The van der Waals surface area contributed by atoms with Crippen LogP contribution in [0.1, 0.15) is 25.0 Å². The van der Waals surface area contributed by atoms with Gasteiger partial charge in [0.05, 0.1) is 0 Å². The lowest BCUT2D eigenvalue weighted by atomic mass is 9.81. The van der Waals surface area contributed by atoms with Crippen molar-refractivity contribution in [2.75, 3.05) is 0 Å². The molecule has 0 heterocycles. The summed E-state index contributed by atoms with van der Waals surface area (Å²) in [6.45, 7) is 4.74. The van der Waals surface area contributed by atoms with Gasteiger partial charge in [-0.15, -0.1) is 0 Å². The molecule has 0 bridgehead atoms. The zero-order chi connectivity index (χ0) is 32.7. The first-order valence-corrected chi connectivity index (χ1v) is 17.3. The molecular formula is C49H34. The summed E-state index contributed by atoms with van der Waals surface area (Å²) in [7, 11) is 0. The molecule has 0 amide bonds. The van der Waals surface area contributed by atoms with Gasteiger partial charge in [0.25, 0.3) is 0 Å².